The Kier molecular flexibility index (Phi) is 8.75. The van der Waals surface area contributed by atoms with E-state index in [2.05, 4.69) is 9.97 Å². The zero-order valence-corrected chi connectivity index (χ0v) is 19.8. The van der Waals surface area contributed by atoms with Crippen LogP contribution in [0.1, 0.15) is 24.2 Å². The summed E-state index contributed by atoms with van der Waals surface area (Å²) in [5.41, 5.74) is 17.2. The van der Waals surface area contributed by atoms with Gasteiger partial charge in [0.1, 0.15) is 11.5 Å². The van der Waals surface area contributed by atoms with E-state index in [4.69, 9.17) is 20.9 Å². The van der Waals surface area contributed by atoms with Gasteiger partial charge in [-0.15, -0.1) is 24.8 Å². The summed E-state index contributed by atoms with van der Waals surface area (Å²) in [6.45, 7) is 5.10. The molecule has 0 bridgehead atoms. The summed E-state index contributed by atoms with van der Waals surface area (Å²) in [6.07, 6.45) is 1.77. The van der Waals surface area contributed by atoms with Crippen molar-refractivity contribution in [3.8, 4) is 11.5 Å². The van der Waals surface area contributed by atoms with Crippen molar-refractivity contribution in [2.24, 2.45) is 0 Å². The Morgan fingerprint density at radius 3 is 1.47 bits per heavy atom. The second-order valence-corrected chi connectivity index (χ2v) is 7.47. The van der Waals surface area contributed by atoms with Crippen LogP contribution in [0.5, 0.6) is 11.5 Å². The third-order valence-corrected chi connectivity index (χ3v) is 4.96. The minimum atomic E-state index is 0. The topological polar surface area (TPSA) is 96.3 Å². The number of aromatic nitrogens is 2. The number of nitrogens with two attached hydrogens (primary N) is 2. The lowest BCUT2D eigenvalue weighted by molar-refractivity contribution is 0.267. The lowest BCUT2D eigenvalue weighted by atomic mass is 10.1. The van der Waals surface area contributed by atoms with Crippen LogP contribution in [0.2, 0.25) is 0 Å². The molecule has 0 aliphatic carbocycles. The van der Waals surface area contributed by atoms with Crippen molar-refractivity contribution in [3.63, 3.8) is 0 Å². The number of aryl methyl sites for hydroxylation is 2. The maximum Gasteiger partial charge on any atom is 0.120 e. The third kappa shape index (κ3) is 5.84. The van der Waals surface area contributed by atoms with Crippen molar-refractivity contribution >= 4 is 58.0 Å². The SMILES string of the molecule is Cc1cc(N)c2cc(OCCCCOc3ccc4nc(C)cc(N)c4c3)ccc2n1.Cl.Cl. The lowest BCUT2D eigenvalue weighted by Crippen LogP contribution is -2.03. The molecule has 0 aliphatic heterocycles. The van der Waals surface area contributed by atoms with Gasteiger partial charge in [-0.3, -0.25) is 9.97 Å². The number of anilines is 2. The van der Waals surface area contributed by atoms with Crippen molar-refractivity contribution in [1.29, 1.82) is 0 Å². The molecule has 6 nitrogen and oxygen atoms in total. The van der Waals surface area contributed by atoms with Crippen molar-refractivity contribution in [3.05, 3.63) is 59.9 Å². The van der Waals surface area contributed by atoms with E-state index < -0.39 is 0 Å². The van der Waals surface area contributed by atoms with Crippen LogP contribution in [0.3, 0.4) is 0 Å². The standard InChI is InChI=1S/C24H26N4O2.2ClH/c1-15-11-21(25)19-13-17(5-7-23(19)27-15)29-9-3-4-10-30-18-6-8-24-20(14-18)22(26)12-16(2)28-24;;/h5-8,11-14H,3-4,9-10H2,1-2H3,(H2,25,27)(H2,26,28);2*1H. The number of rotatable bonds is 7. The highest BCUT2D eigenvalue weighted by molar-refractivity contribution is 5.92. The van der Waals surface area contributed by atoms with Crippen LogP contribution in [0.4, 0.5) is 11.4 Å². The van der Waals surface area contributed by atoms with Crippen molar-refractivity contribution in [2.45, 2.75) is 26.7 Å². The van der Waals surface area contributed by atoms with Crippen LogP contribution in [0.15, 0.2) is 48.5 Å². The molecular weight excluding hydrogens is 447 g/mol. The maximum atomic E-state index is 6.10. The van der Waals surface area contributed by atoms with E-state index in [1.165, 1.54) is 0 Å². The van der Waals surface area contributed by atoms with Crippen LogP contribution in [-0.4, -0.2) is 23.2 Å². The van der Waals surface area contributed by atoms with Gasteiger partial charge < -0.3 is 20.9 Å². The van der Waals surface area contributed by atoms with Gasteiger partial charge in [0.25, 0.3) is 0 Å². The Morgan fingerprint density at radius 1 is 0.656 bits per heavy atom. The second kappa shape index (κ2) is 11.1. The number of halogens is 2. The Hall–Kier alpha value is -2.96. The van der Waals surface area contributed by atoms with Crippen molar-refractivity contribution in [1.82, 2.24) is 9.97 Å². The van der Waals surface area contributed by atoms with Gasteiger partial charge in [-0.2, -0.15) is 0 Å². The molecule has 4 N–H and O–H groups in total. The maximum absolute atomic E-state index is 6.10. The normalized spacial score (nSPS) is 10.4. The van der Waals surface area contributed by atoms with Gasteiger partial charge in [-0.25, -0.2) is 0 Å². The molecule has 8 heteroatoms. The molecule has 170 valence electrons. The molecule has 2 aromatic heterocycles. The number of fused-ring (bicyclic) bond motifs is 2. The summed E-state index contributed by atoms with van der Waals surface area (Å²) >= 11 is 0. The Morgan fingerprint density at radius 2 is 1.06 bits per heavy atom. The first-order valence-corrected chi connectivity index (χ1v) is 10.1. The fourth-order valence-electron chi connectivity index (χ4n) is 3.50. The Bertz CT molecular complexity index is 1120. The van der Waals surface area contributed by atoms with E-state index in [1.54, 1.807) is 0 Å². The lowest BCUT2D eigenvalue weighted by Gasteiger charge is -2.10. The van der Waals surface area contributed by atoms with Gasteiger partial charge in [0.2, 0.25) is 0 Å². The highest BCUT2D eigenvalue weighted by Gasteiger charge is 2.05. The first kappa shape index (κ1) is 25.3. The molecular formula is C24H28Cl2N4O2. The molecule has 0 unspecified atom stereocenters. The van der Waals surface area contributed by atoms with Crippen LogP contribution in [0.25, 0.3) is 21.8 Å². The van der Waals surface area contributed by atoms with E-state index in [-0.39, 0.29) is 24.8 Å². The minimum absolute atomic E-state index is 0. The van der Waals surface area contributed by atoms with E-state index in [9.17, 15) is 0 Å². The van der Waals surface area contributed by atoms with E-state index in [0.29, 0.717) is 13.2 Å². The zero-order valence-electron chi connectivity index (χ0n) is 18.1. The van der Waals surface area contributed by atoms with Gasteiger partial charge in [-0.05, 0) is 75.2 Å². The summed E-state index contributed by atoms with van der Waals surface area (Å²) in [4.78, 5) is 8.98. The molecule has 0 spiro atoms. The number of pyridine rings is 2. The smallest absolute Gasteiger partial charge is 0.120 e. The molecule has 2 aromatic carbocycles. The van der Waals surface area contributed by atoms with Gasteiger partial charge in [0.15, 0.2) is 0 Å². The van der Waals surface area contributed by atoms with Gasteiger partial charge in [-0.1, -0.05) is 0 Å². The Labute approximate surface area is 200 Å². The predicted molar refractivity (Wildman–Crippen MR) is 137 cm³/mol. The molecule has 0 saturated carbocycles. The number of nitrogens with zero attached hydrogens (tertiary/aromatic N) is 2. The van der Waals surface area contributed by atoms with Crippen LogP contribution < -0.4 is 20.9 Å². The van der Waals surface area contributed by atoms with Crippen molar-refractivity contribution < 1.29 is 9.47 Å². The van der Waals surface area contributed by atoms with Gasteiger partial charge in [0, 0.05) is 33.5 Å². The van der Waals surface area contributed by atoms with Gasteiger partial charge >= 0.3 is 0 Å². The van der Waals surface area contributed by atoms with Crippen molar-refractivity contribution in [2.75, 3.05) is 24.7 Å². The van der Waals surface area contributed by atoms with Crippen LogP contribution in [0, 0.1) is 13.8 Å². The van der Waals surface area contributed by atoms with Crippen LogP contribution in [-0.2, 0) is 0 Å². The largest absolute Gasteiger partial charge is 0.494 e. The number of hydrogen-bond donors (Lipinski definition) is 2. The predicted octanol–water partition coefficient (Wildman–Crippen LogP) is 5.65. The first-order chi connectivity index (χ1) is 14.5. The molecule has 0 atom stereocenters. The highest BCUT2D eigenvalue weighted by Crippen LogP contribution is 2.26. The number of benzene rings is 2. The molecule has 0 saturated heterocycles. The fourth-order valence-corrected chi connectivity index (χ4v) is 3.50. The fraction of sp³-hybridized carbons (Fsp3) is 0.250. The summed E-state index contributed by atoms with van der Waals surface area (Å²) in [6, 6.07) is 15.4. The number of ether oxygens (including phenoxy) is 2. The highest BCUT2D eigenvalue weighted by atomic mass is 35.5. The molecule has 32 heavy (non-hydrogen) atoms. The quantitative estimate of drug-likeness (QED) is 0.336. The van der Waals surface area contributed by atoms with Crippen LogP contribution >= 0.6 is 24.8 Å². The molecule has 0 radical (unpaired) electrons. The zero-order chi connectivity index (χ0) is 21.1. The van der Waals surface area contributed by atoms with E-state index in [1.807, 2.05) is 62.4 Å². The average molecular weight is 475 g/mol. The molecule has 0 amide bonds. The minimum Gasteiger partial charge on any atom is -0.494 e. The van der Waals surface area contributed by atoms with E-state index >= 15 is 0 Å². The number of unbranched alkanes of at least 4 members (excludes halogenated alkanes) is 1. The first-order valence-electron chi connectivity index (χ1n) is 10.1. The molecule has 0 aliphatic rings. The second-order valence-electron chi connectivity index (χ2n) is 7.47. The third-order valence-electron chi connectivity index (χ3n) is 4.96. The summed E-state index contributed by atoms with van der Waals surface area (Å²) in [5, 5.41) is 1.84. The molecule has 0 fully saturated rings. The molecule has 2 heterocycles. The average Bonchev–Trinajstić information content (AvgIpc) is 2.71. The monoisotopic (exact) mass is 474 g/mol. The number of hydrogen-bond acceptors (Lipinski definition) is 6. The molecule has 4 rings (SSSR count). The summed E-state index contributed by atoms with van der Waals surface area (Å²) in [5.74, 6) is 1.60. The molecule has 4 aromatic rings. The van der Waals surface area contributed by atoms with Gasteiger partial charge in [0.05, 0.1) is 24.2 Å². The summed E-state index contributed by atoms with van der Waals surface area (Å²) in [7, 11) is 0. The number of nitrogen functional groups attached to an aromatic ring is 2. The summed E-state index contributed by atoms with van der Waals surface area (Å²) < 4.78 is 11.7. The Balaban J connectivity index is 0.00000181. The van der Waals surface area contributed by atoms with E-state index in [0.717, 1.165) is 68.9 Å².